The van der Waals surface area contributed by atoms with Gasteiger partial charge in [-0.3, -0.25) is 9.69 Å². The Hall–Kier alpha value is -1.47. The Balaban J connectivity index is 2.70. The zero-order chi connectivity index (χ0) is 15.3. The van der Waals surface area contributed by atoms with E-state index in [1.807, 2.05) is 18.7 Å². The highest BCUT2D eigenvalue weighted by Gasteiger charge is 2.22. The van der Waals surface area contributed by atoms with Crippen molar-refractivity contribution in [2.75, 3.05) is 27.2 Å². The van der Waals surface area contributed by atoms with Gasteiger partial charge in [0.2, 0.25) is 11.8 Å². The fourth-order valence-electron chi connectivity index (χ4n) is 1.64. The second kappa shape index (κ2) is 6.81. The van der Waals surface area contributed by atoms with E-state index in [2.05, 4.69) is 17.1 Å². The van der Waals surface area contributed by atoms with Crippen LogP contribution in [-0.4, -0.2) is 53.0 Å². The number of rotatable bonds is 7. The lowest BCUT2D eigenvalue weighted by Crippen LogP contribution is -2.36. The molecule has 20 heavy (non-hydrogen) atoms. The summed E-state index contributed by atoms with van der Waals surface area (Å²) in [4.78, 5) is 19.6. The van der Waals surface area contributed by atoms with E-state index in [9.17, 15) is 4.79 Å². The topological polar surface area (TPSA) is 88.5 Å². The highest BCUT2D eigenvalue weighted by atomic mass is 16.5. The molecule has 7 heteroatoms. The standard InChI is InChI=1S/C13H25N5O2/c1-6-7-18(9-11(19)17(4)5)8-10-15-12(16-20-10)13(2,3)14/h6-9,14H2,1-5H3. The lowest BCUT2D eigenvalue weighted by molar-refractivity contribution is -0.130. The number of hydrogen-bond donors (Lipinski definition) is 1. The monoisotopic (exact) mass is 283 g/mol. The first-order valence-electron chi connectivity index (χ1n) is 6.78. The van der Waals surface area contributed by atoms with Gasteiger partial charge in [0, 0.05) is 14.1 Å². The van der Waals surface area contributed by atoms with Crippen LogP contribution in [-0.2, 0) is 16.9 Å². The van der Waals surface area contributed by atoms with Crippen LogP contribution in [0.15, 0.2) is 4.52 Å². The zero-order valence-electron chi connectivity index (χ0n) is 13.0. The van der Waals surface area contributed by atoms with Crippen molar-refractivity contribution in [2.45, 2.75) is 39.3 Å². The van der Waals surface area contributed by atoms with Crippen LogP contribution in [0.3, 0.4) is 0 Å². The first-order valence-corrected chi connectivity index (χ1v) is 6.78. The molecule has 1 heterocycles. The lowest BCUT2D eigenvalue weighted by Gasteiger charge is -2.21. The molecule has 0 unspecified atom stereocenters. The Morgan fingerprint density at radius 1 is 1.40 bits per heavy atom. The average Bonchev–Trinajstić information content (AvgIpc) is 2.77. The summed E-state index contributed by atoms with van der Waals surface area (Å²) >= 11 is 0. The normalized spacial score (nSPS) is 11.9. The number of likely N-dealkylation sites (N-methyl/N-ethyl adjacent to an activating group) is 1. The van der Waals surface area contributed by atoms with Crippen molar-refractivity contribution in [3.05, 3.63) is 11.7 Å². The molecule has 0 aliphatic rings. The minimum Gasteiger partial charge on any atom is -0.348 e. The summed E-state index contributed by atoms with van der Waals surface area (Å²) in [5, 5.41) is 3.88. The molecular weight excluding hydrogens is 258 g/mol. The van der Waals surface area contributed by atoms with Gasteiger partial charge in [0.05, 0.1) is 18.6 Å². The molecular formula is C13H25N5O2. The predicted octanol–water partition coefficient (Wildman–Crippen LogP) is 0.564. The zero-order valence-corrected chi connectivity index (χ0v) is 13.0. The maximum atomic E-state index is 11.8. The van der Waals surface area contributed by atoms with E-state index in [1.165, 1.54) is 0 Å². The molecule has 2 N–H and O–H groups in total. The maximum absolute atomic E-state index is 11.8. The van der Waals surface area contributed by atoms with Crippen LogP contribution in [0.1, 0.15) is 38.9 Å². The summed E-state index contributed by atoms with van der Waals surface area (Å²) in [6, 6.07) is 0. The van der Waals surface area contributed by atoms with E-state index in [0.717, 1.165) is 13.0 Å². The smallest absolute Gasteiger partial charge is 0.240 e. The molecule has 0 bridgehead atoms. The van der Waals surface area contributed by atoms with Crippen LogP contribution in [0.5, 0.6) is 0 Å². The van der Waals surface area contributed by atoms with Gasteiger partial charge in [0.1, 0.15) is 0 Å². The van der Waals surface area contributed by atoms with Gasteiger partial charge in [-0.15, -0.1) is 0 Å². The predicted molar refractivity (Wildman–Crippen MR) is 75.8 cm³/mol. The summed E-state index contributed by atoms with van der Waals surface area (Å²) in [5.41, 5.74) is 5.29. The van der Waals surface area contributed by atoms with Gasteiger partial charge in [-0.05, 0) is 26.8 Å². The molecule has 1 amide bonds. The third-order valence-electron chi connectivity index (χ3n) is 2.80. The average molecular weight is 283 g/mol. The van der Waals surface area contributed by atoms with Gasteiger partial charge < -0.3 is 15.2 Å². The molecule has 0 aliphatic heterocycles. The van der Waals surface area contributed by atoms with Gasteiger partial charge in [-0.2, -0.15) is 4.98 Å². The Bertz CT molecular complexity index is 436. The van der Waals surface area contributed by atoms with Crippen LogP contribution in [0.4, 0.5) is 0 Å². The molecule has 0 aliphatic carbocycles. The third kappa shape index (κ3) is 4.90. The van der Waals surface area contributed by atoms with E-state index < -0.39 is 5.54 Å². The van der Waals surface area contributed by atoms with E-state index in [1.54, 1.807) is 19.0 Å². The lowest BCUT2D eigenvalue weighted by atomic mass is 10.1. The summed E-state index contributed by atoms with van der Waals surface area (Å²) < 4.78 is 5.20. The first-order chi connectivity index (χ1) is 9.24. The number of nitrogens with two attached hydrogens (primary N) is 1. The van der Waals surface area contributed by atoms with Crippen LogP contribution in [0.2, 0.25) is 0 Å². The van der Waals surface area contributed by atoms with E-state index in [4.69, 9.17) is 10.3 Å². The third-order valence-corrected chi connectivity index (χ3v) is 2.80. The fraction of sp³-hybridized carbons (Fsp3) is 0.769. The molecule has 7 nitrogen and oxygen atoms in total. The Labute approximate surface area is 120 Å². The Kier molecular flexibility index (Phi) is 5.64. The summed E-state index contributed by atoms with van der Waals surface area (Å²) in [6.07, 6.45) is 0.948. The Morgan fingerprint density at radius 3 is 2.50 bits per heavy atom. The molecule has 0 fully saturated rings. The van der Waals surface area contributed by atoms with Crippen molar-refractivity contribution in [3.63, 3.8) is 0 Å². The summed E-state index contributed by atoms with van der Waals surface area (Å²) in [5.74, 6) is 1.01. The Morgan fingerprint density at radius 2 is 2.05 bits per heavy atom. The van der Waals surface area contributed by atoms with Gasteiger partial charge >= 0.3 is 0 Å². The SMILES string of the molecule is CCCN(CC(=O)N(C)C)Cc1nc(C(C)(C)N)no1. The highest BCUT2D eigenvalue weighted by molar-refractivity contribution is 5.77. The minimum absolute atomic E-state index is 0.0531. The number of amides is 1. The molecule has 0 saturated carbocycles. The molecule has 0 atom stereocenters. The number of aromatic nitrogens is 2. The first kappa shape index (κ1) is 16.6. The van der Waals surface area contributed by atoms with Crippen LogP contribution in [0.25, 0.3) is 0 Å². The second-order valence-electron chi connectivity index (χ2n) is 5.73. The van der Waals surface area contributed by atoms with Crippen LogP contribution in [0, 0.1) is 0 Å². The molecule has 1 rings (SSSR count). The number of nitrogens with zero attached hydrogens (tertiary/aromatic N) is 4. The van der Waals surface area contributed by atoms with Gasteiger partial charge in [0.15, 0.2) is 5.82 Å². The molecule has 0 saturated heterocycles. The van der Waals surface area contributed by atoms with Gasteiger partial charge in [-0.1, -0.05) is 12.1 Å². The maximum Gasteiger partial charge on any atom is 0.240 e. The summed E-state index contributed by atoms with van der Waals surface area (Å²) in [6.45, 7) is 7.29. The molecule has 114 valence electrons. The largest absolute Gasteiger partial charge is 0.348 e. The van der Waals surface area contributed by atoms with Crippen molar-refractivity contribution < 1.29 is 9.32 Å². The van der Waals surface area contributed by atoms with Crippen molar-refractivity contribution >= 4 is 5.91 Å². The van der Waals surface area contributed by atoms with Crippen LogP contribution >= 0.6 is 0 Å². The minimum atomic E-state index is -0.628. The number of carbonyl (C=O) groups is 1. The fourth-order valence-corrected chi connectivity index (χ4v) is 1.64. The number of hydrogen-bond acceptors (Lipinski definition) is 6. The van der Waals surface area contributed by atoms with Gasteiger partial charge in [0.25, 0.3) is 0 Å². The molecule has 0 radical (unpaired) electrons. The van der Waals surface area contributed by atoms with E-state index in [0.29, 0.717) is 24.8 Å². The van der Waals surface area contributed by atoms with Gasteiger partial charge in [-0.25, -0.2) is 0 Å². The van der Waals surface area contributed by atoms with Crippen molar-refractivity contribution in [3.8, 4) is 0 Å². The quantitative estimate of drug-likeness (QED) is 0.786. The van der Waals surface area contributed by atoms with Crippen molar-refractivity contribution in [1.29, 1.82) is 0 Å². The molecule has 1 aromatic rings. The second-order valence-corrected chi connectivity index (χ2v) is 5.73. The summed E-state index contributed by atoms with van der Waals surface area (Å²) in [7, 11) is 3.49. The van der Waals surface area contributed by atoms with Crippen molar-refractivity contribution in [2.24, 2.45) is 5.73 Å². The van der Waals surface area contributed by atoms with E-state index >= 15 is 0 Å². The van der Waals surface area contributed by atoms with Crippen LogP contribution < -0.4 is 5.73 Å². The van der Waals surface area contributed by atoms with E-state index in [-0.39, 0.29) is 5.91 Å². The van der Waals surface area contributed by atoms with Crippen molar-refractivity contribution in [1.82, 2.24) is 19.9 Å². The molecule has 0 spiro atoms. The highest BCUT2D eigenvalue weighted by Crippen LogP contribution is 2.13. The molecule has 0 aromatic carbocycles. The molecule has 1 aromatic heterocycles. The number of carbonyl (C=O) groups excluding carboxylic acids is 1.